The van der Waals surface area contributed by atoms with Crippen LogP contribution in [-0.4, -0.2) is 16.7 Å². The standard InChI is InChI=1S/C8H9Cl2NO/c9-7-4-6(2-1-3-12)5-11-8(7)10/h4-5,12H,1-3H2. The molecule has 1 heterocycles. The predicted octanol–water partition coefficient (Wildman–Crippen LogP) is 2.31. The molecule has 0 spiro atoms. The lowest BCUT2D eigenvalue weighted by Crippen LogP contribution is -1.90. The van der Waals surface area contributed by atoms with Gasteiger partial charge in [-0.2, -0.15) is 0 Å². The Morgan fingerprint density at radius 3 is 2.75 bits per heavy atom. The van der Waals surface area contributed by atoms with Crippen LogP contribution < -0.4 is 0 Å². The van der Waals surface area contributed by atoms with Crippen molar-refractivity contribution >= 4 is 23.2 Å². The Bertz CT molecular complexity index is 265. The van der Waals surface area contributed by atoms with Crippen molar-refractivity contribution in [3.05, 3.63) is 28.0 Å². The van der Waals surface area contributed by atoms with Gasteiger partial charge in [-0.3, -0.25) is 0 Å². The second-order valence-electron chi connectivity index (χ2n) is 2.44. The number of hydrogen-bond donors (Lipinski definition) is 1. The highest BCUT2D eigenvalue weighted by molar-refractivity contribution is 6.41. The third kappa shape index (κ3) is 2.63. The third-order valence-corrected chi connectivity index (χ3v) is 2.16. The molecular weight excluding hydrogens is 197 g/mol. The molecule has 2 nitrogen and oxygen atoms in total. The van der Waals surface area contributed by atoms with Crippen LogP contribution in [0.2, 0.25) is 10.2 Å². The van der Waals surface area contributed by atoms with Crippen LogP contribution in [0.4, 0.5) is 0 Å². The first-order chi connectivity index (χ1) is 5.74. The van der Waals surface area contributed by atoms with E-state index in [4.69, 9.17) is 28.3 Å². The summed E-state index contributed by atoms with van der Waals surface area (Å²) in [6.07, 6.45) is 3.17. The predicted molar refractivity (Wildman–Crippen MR) is 49.7 cm³/mol. The summed E-state index contributed by atoms with van der Waals surface area (Å²) in [6.45, 7) is 0.181. The van der Waals surface area contributed by atoms with E-state index in [1.165, 1.54) is 0 Å². The SMILES string of the molecule is OCCCc1cnc(Cl)c(Cl)c1. The molecule has 12 heavy (non-hydrogen) atoms. The fourth-order valence-electron chi connectivity index (χ4n) is 0.881. The summed E-state index contributed by atoms with van der Waals surface area (Å²) >= 11 is 11.4. The summed E-state index contributed by atoms with van der Waals surface area (Å²) in [4.78, 5) is 3.88. The Kier molecular flexibility index (Phi) is 3.79. The molecule has 4 heteroatoms. The van der Waals surface area contributed by atoms with Crippen molar-refractivity contribution in [2.75, 3.05) is 6.61 Å². The van der Waals surface area contributed by atoms with Gasteiger partial charge in [0.2, 0.25) is 0 Å². The van der Waals surface area contributed by atoms with Crippen molar-refractivity contribution < 1.29 is 5.11 Å². The van der Waals surface area contributed by atoms with Gasteiger partial charge in [0.1, 0.15) is 5.15 Å². The van der Waals surface area contributed by atoms with E-state index in [9.17, 15) is 0 Å². The van der Waals surface area contributed by atoms with Crippen molar-refractivity contribution in [1.29, 1.82) is 0 Å². The van der Waals surface area contributed by atoms with E-state index < -0.39 is 0 Å². The minimum Gasteiger partial charge on any atom is -0.396 e. The molecule has 0 unspecified atom stereocenters. The quantitative estimate of drug-likeness (QED) is 0.769. The molecule has 0 aliphatic carbocycles. The van der Waals surface area contributed by atoms with Crippen LogP contribution in [0.15, 0.2) is 12.3 Å². The van der Waals surface area contributed by atoms with Crippen molar-refractivity contribution in [1.82, 2.24) is 4.98 Å². The summed E-state index contributed by atoms with van der Waals surface area (Å²) in [5.74, 6) is 0. The van der Waals surface area contributed by atoms with Gasteiger partial charge in [-0.05, 0) is 24.5 Å². The number of halogens is 2. The van der Waals surface area contributed by atoms with E-state index >= 15 is 0 Å². The third-order valence-electron chi connectivity index (χ3n) is 1.48. The number of aromatic nitrogens is 1. The topological polar surface area (TPSA) is 33.1 Å². The average Bonchev–Trinajstić information content (AvgIpc) is 2.07. The molecule has 0 amide bonds. The fourth-order valence-corrected chi connectivity index (χ4v) is 1.17. The van der Waals surface area contributed by atoms with Gasteiger partial charge in [0.05, 0.1) is 5.02 Å². The maximum absolute atomic E-state index is 8.57. The van der Waals surface area contributed by atoms with E-state index in [1.807, 2.05) is 0 Å². The largest absolute Gasteiger partial charge is 0.396 e. The molecule has 0 aliphatic rings. The minimum absolute atomic E-state index is 0.181. The van der Waals surface area contributed by atoms with Crippen LogP contribution in [0, 0.1) is 0 Å². The number of pyridine rings is 1. The van der Waals surface area contributed by atoms with E-state index in [0.29, 0.717) is 10.2 Å². The first-order valence-corrected chi connectivity index (χ1v) is 4.40. The zero-order chi connectivity index (χ0) is 8.97. The van der Waals surface area contributed by atoms with Gasteiger partial charge in [-0.1, -0.05) is 23.2 Å². The molecular formula is C8H9Cl2NO. The van der Waals surface area contributed by atoms with Gasteiger partial charge < -0.3 is 5.11 Å². The second-order valence-corrected chi connectivity index (χ2v) is 3.21. The molecule has 1 rings (SSSR count). The molecule has 0 atom stereocenters. The van der Waals surface area contributed by atoms with E-state index in [1.54, 1.807) is 12.3 Å². The van der Waals surface area contributed by atoms with Gasteiger partial charge in [0.15, 0.2) is 0 Å². The van der Waals surface area contributed by atoms with E-state index in [0.717, 1.165) is 18.4 Å². The molecule has 0 fully saturated rings. The molecule has 0 aromatic carbocycles. The Morgan fingerprint density at radius 1 is 1.42 bits per heavy atom. The Labute approximate surface area is 81.1 Å². The van der Waals surface area contributed by atoms with Crippen molar-refractivity contribution in [3.63, 3.8) is 0 Å². The number of aliphatic hydroxyl groups excluding tert-OH is 1. The molecule has 1 aromatic heterocycles. The maximum atomic E-state index is 8.57. The van der Waals surface area contributed by atoms with Crippen molar-refractivity contribution in [2.45, 2.75) is 12.8 Å². The zero-order valence-electron chi connectivity index (χ0n) is 6.43. The molecule has 1 aromatic rings. The van der Waals surface area contributed by atoms with E-state index in [-0.39, 0.29) is 6.61 Å². The Balaban J connectivity index is 2.69. The molecule has 1 N–H and O–H groups in total. The van der Waals surface area contributed by atoms with Gasteiger partial charge in [0, 0.05) is 12.8 Å². The van der Waals surface area contributed by atoms with Crippen LogP contribution in [0.25, 0.3) is 0 Å². The van der Waals surface area contributed by atoms with Crippen LogP contribution in [0.5, 0.6) is 0 Å². The van der Waals surface area contributed by atoms with Crippen LogP contribution in [-0.2, 0) is 6.42 Å². The number of aryl methyl sites for hydroxylation is 1. The molecule has 0 saturated carbocycles. The van der Waals surface area contributed by atoms with Crippen LogP contribution in [0.3, 0.4) is 0 Å². The number of nitrogens with zero attached hydrogens (tertiary/aromatic N) is 1. The summed E-state index contributed by atoms with van der Waals surface area (Å²) in [7, 11) is 0. The summed E-state index contributed by atoms with van der Waals surface area (Å²) in [5.41, 5.74) is 0.999. The van der Waals surface area contributed by atoms with Crippen molar-refractivity contribution in [2.24, 2.45) is 0 Å². The lowest BCUT2D eigenvalue weighted by atomic mass is 10.2. The minimum atomic E-state index is 0.181. The lowest BCUT2D eigenvalue weighted by molar-refractivity contribution is 0.288. The smallest absolute Gasteiger partial charge is 0.147 e. The normalized spacial score (nSPS) is 10.2. The highest BCUT2D eigenvalue weighted by atomic mass is 35.5. The molecule has 66 valence electrons. The number of aliphatic hydroxyl groups is 1. The highest BCUT2D eigenvalue weighted by Crippen LogP contribution is 2.20. The molecule has 0 saturated heterocycles. The van der Waals surface area contributed by atoms with Crippen molar-refractivity contribution in [3.8, 4) is 0 Å². The monoisotopic (exact) mass is 205 g/mol. The second kappa shape index (κ2) is 4.65. The highest BCUT2D eigenvalue weighted by Gasteiger charge is 1.99. The first-order valence-electron chi connectivity index (χ1n) is 3.65. The maximum Gasteiger partial charge on any atom is 0.147 e. The zero-order valence-corrected chi connectivity index (χ0v) is 7.94. The Morgan fingerprint density at radius 2 is 2.17 bits per heavy atom. The van der Waals surface area contributed by atoms with Crippen LogP contribution >= 0.6 is 23.2 Å². The molecule has 0 radical (unpaired) electrons. The van der Waals surface area contributed by atoms with Gasteiger partial charge in [0.25, 0.3) is 0 Å². The first kappa shape index (κ1) is 9.78. The molecule has 0 bridgehead atoms. The van der Waals surface area contributed by atoms with Gasteiger partial charge >= 0.3 is 0 Å². The van der Waals surface area contributed by atoms with Gasteiger partial charge in [-0.25, -0.2) is 4.98 Å². The van der Waals surface area contributed by atoms with Crippen LogP contribution in [0.1, 0.15) is 12.0 Å². The summed E-state index contributed by atoms with van der Waals surface area (Å²) in [5, 5.41) is 9.36. The summed E-state index contributed by atoms with van der Waals surface area (Å²) < 4.78 is 0. The molecule has 0 aliphatic heterocycles. The number of hydrogen-bond acceptors (Lipinski definition) is 2. The fraction of sp³-hybridized carbons (Fsp3) is 0.375. The van der Waals surface area contributed by atoms with Gasteiger partial charge in [-0.15, -0.1) is 0 Å². The van der Waals surface area contributed by atoms with E-state index in [2.05, 4.69) is 4.98 Å². The number of rotatable bonds is 3. The lowest BCUT2D eigenvalue weighted by Gasteiger charge is -2.00. The Hall–Kier alpha value is -0.310. The average molecular weight is 206 g/mol. The summed E-state index contributed by atoms with van der Waals surface area (Å²) in [6, 6.07) is 1.77.